The van der Waals surface area contributed by atoms with Gasteiger partial charge in [0.1, 0.15) is 0 Å². The molecule has 0 aliphatic carbocycles. The van der Waals surface area contributed by atoms with E-state index in [1.165, 1.54) is 38.1 Å². The van der Waals surface area contributed by atoms with Crippen molar-refractivity contribution in [1.29, 1.82) is 5.26 Å². The molecule has 0 N–H and O–H groups in total. The number of ether oxygens (including phenoxy) is 1. The molecule has 0 aliphatic rings. The van der Waals surface area contributed by atoms with E-state index in [0.717, 1.165) is 0 Å². The molecular formula is C14H14F3NO2S. The molecule has 0 amide bonds. The lowest BCUT2D eigenvalue weighted by molar-refractivity contribution is -0.0342. The Morgan fingerprint density at radius 2 is 1.86 bits per heavy atom. The summed E-state index contributed by atoms with van der Waals surface area (Å²) in [6.45, 7) is 2.79. The molecular weight excluding hydrogens is 303 g/mol. The molecule has 0 aromatic heterocycles. The minimum atomic E-state index is -4.32. The first-order valence-electron chi connectivity index (χ1n) is 6.07. The van der Waals surface area contributed by atoms with Crippen LogP contribution in [0.3, 0.4) is 0 Å². The number of alkyl halides is 3. The molecule has 0 fully saturated rings. The maximum absolute atomic E-state index is 12.3. The van der Waals surface area contributed by atoms with Crippen LogP contribution in [-0.4, -0.2) is 22.8 Å². The molecule has 21 heavy (non-hydrogen) atoms. The molecule has 0 spiro atoms. The van der Waals surface area contributed by atoms with Crippen LogP contribution in [0.25, 0.3) is 0 Å². The van der Waals surface area contributed by atoms with Gasteiger partial charge in [0.05, 0.1) is 23.8 Å². The van der Waals surface area contributed by atoms with E-state index in [1.807, 2.05) is 6.07 Å². The second-order valence-electron chi connectivity index (χ2n) is 4.88. The van der Waals surface area contributed by atoms with Crippen LogP contribution in [0.1, 0.15) is 36.2 Å². The van der Waals surface area contributed by atoms with Crippen molar-refractivity contribution in [3.05, 3.63) is 35.4 Å². The van der Waals surface area contributed by atoms with E-state index in [2.05, 4.69) is 0 Å². The van der Waals surface area contributed by atoms with Gasteiger partial charge in [-0.15, -0.1) is 0 Å². The molecule has 0 unspecified atom stereocenters. The quantitative estimate of drug-likeness (QED) is 0.766. The van der Waals surface area contributed by atoms with Gasteiger partial charge in [0.25, 0.3) is 0 Å². The standard InChI is InChI=1S/C14H14F3NO2S/c1-13(2,21-14(15,16)17)7-8-20-12(19)11-5-3-10(9-18)4-6-11/h3-6H,7-8H2,1-2H3. The Bertz CT molecular complexity index is 533. The van der Waals surface area contributed by atoms with Crippen LogP contribution in [0, 0.1) is 11.3 Å². The summed E-state index contributed by atoms with van der Waals surface area (Å²) in [6.07, 6.45) is 0.0825. The monoisotopic (exact) mass is 317 g/mol. The third kappa shape index (κ3) is 6.54. The van der Waals surface area contributed by atoms with Crippen molar-refractivity contribution in [2.75, 3.05) is 6.61 Å². The summed E-state index contributed by atoms with van der Waals surface area (Å²) < 4.78 is 40.8. The minimum absolute atomic E-state index is 0.0825. The molecule has 0 saturated heterocycles. The maximum Gasteiger partial charge on any atom is 0.442 e. The van der Waals surface area contributed by atoms with E-state index in [4.69, 9.17) is 10.00 Å². The Hall–Kier alpha value is -1.68. The number of rotatable bonds is 5. The number of carbonyl (C=O) groups is 1. The fourth-order valence-electron chi connectivity index (χ4n) is 1.52. The van der Waals surface area contributed by atoms with Crippen molar-refractivity contribution in [2.24, 2.45) is 0 Å². The average Bonchev–Trinajstić information content (AvgIpc) is 2.35. The van der Waals surface area contributed by atoms with Crippen LogP contribution in [0.2, 0.25) is 0 Å². The topological polar surface area (TPSA) is 50.1 Å². The van der Waals surface area contributed by atoms with Crippen molar-refractivity contribution in [3.8, 4) is 6.07 Å². The molecule has 1 aromatic rings. The van der Waals surface area contributed by atoms with E-state index >= 15 is 0 Å². The Morgan fingerprint density at radius 3 is 2.33 bits per heavy atom. The summed E-state index contributed by atoms with van der Waals surface area (Å²) in [5, 5.41) is 8.63. The Balaban J connectivity index is 2.48. The average molecular weight is 317 g/mol. The van der Waals surface area contributed by atoms with Gasteiger partial charge in [-0.05, 0) is 42.4 Å². The highest BCUT2D eigenvalue weighted by Gasteiger charge is 2.37. The van der Waals surface area contributed by atoms with Crippen LogP contribution >= 0.6 is 11.8 Å². The van der Waals surface area contributed by atoms with Crippen molar-refractivity contribution in [3.63, 3.8) is 0 Å². The zero-order valence-corrected chi connectivity index (χ0v) is 12.3. The Kier molecular flexibility index (Phi) is 5.67. The maximum atomic E-state index is 12.3. The number of carbonyl (C=O) groups excluding carboxylic acids is 1. The van der Waals surface area contributed by atoms with Crippen LogP contribution in [0.5, 0.6) is 0 Å². The van der Waals surface area contributed by atoms with Gasteiger partial charge in [-0.25, -0.2) is 4.79 Å². The normalized spacial score (nSPS) is 11.8. The van der Waals surface area contributed by atoms with Gasteiger partial charge in [0, 0.05) is 4.75 Å². The SMILES string of the molecule is CC(C)(CCOC(=O)c1ccc(C#N)cc1)SC(F)(F)F. The van der Waals surface area contributed by atoms with Crippen molar-refractivity contribution < 1.29 is 22.7 Å². The van der Waals surface area contributed by atoms with E-state index in [0.29, 0.717) is 5.56 Å². The Morgan fingerprint density at radius 1 is 1.29 bits per heavy atom. The summed E-state index contributed by atoms with van der Waals surface area (Å²) in [4.78, 5) is 11.7. The summed E-state index contributed by atoms with van der Waals surface area (Å²) >= 11 is -0.116. The summed E-state index contributed by atoms with van der Waals surface area (Å²) in [7, 11) is 0. The summed E-state index contributed by atoms with van der Waals surface area (Å²) in [5.41, 5.74) is -3.65. The number of nitrogens with zero attached hydrogens (tertiary/aromatic N) is 1. The first-order valence-corrected chi connectivity index (χ1v) is 6.89. The molecule has 1 aromatic carbocycles. The fourth-order valence-corrected chi connectivity index (χ4v) is 2.33. The van der Waals surface area contributed by atoms with Crippen molar-refractivity contribution >= 4 is 17.7 Å². The van der Waals surface area contributed by atoms with Gasteiger partial charge in [-0.3, -0.25) is 0 Å². The number of hydrogen-bond acceptors (Lipinski definition) is 4. The Labute approximate surface area is 125 Å². The van der Waals surface area contributed by atoms with Crippen LogP contribution < -0.4 is 0 Å². The lowest BCUT2D eigenvalue weighted by Crippen LogP contribution is -2.24. The third-order valence-electron chi connectivity index (χ3n) is 2.58. The van der Waals surface area contributed by atoms with E-state index in [1.54, 1.807) is 0 Å². The molecule has 0 saturated carbocycles. The highest BCUT2D eigenvalue weighted by molar-refractivity contribution is 8.01. The first-order chi connectivity index (χ1) is 9.63. The lowest BCUT2D eigenvalue weighted by Gasteiger charge is -2.24. The van der Waals surface area contributed by atoms with Crippen LogP contribution in [-0.2, 0) is 4.74 Å². The summed E-state index contributed by atoms with van der Waals surface area (Å²) in [6, 6.07) is 7.74. The molecule has 0 bridgehead atoms. The first kappa shape index (κ1) is 17.4. The predicted octanol–water partition coefficient (Wildman–Crippen LogP) is 4.14. The molecule has 0 radical (unpaired) electrons. The zero-order valence-electron chi connectivity index (χ0n) is 11.5. The van der Waals surface area contributed by atoms with E-state index < -0.39 is 16.2 Å². The second-order valence-corrected chi connectivity index (χ2v) is 6.65. The predicted molar refractivity (Wildman–Crippen MR) is 73.8 cm³/mol. The van der Waals surface area contributed by atoms with Gasteiger partial charge >= 0.3 is 11.5 Å². The van der Waals surface area contributed by atoms with Crippen molar-refractivity contribution in [2.45, 2.75) is 30.5 Å². The molecule has 0 aliphatic heterocycles. The van der Waals surface area contributed by atoms with Gasteiger partial charge in [-0.1, -0.05) is 13.8 Å². The number of halogens is 3. The minimum Gasteiger partial charge on any atom is -0.462 e. The van der Waals surface area contributed by atoms with Gasteiger partial charge in [0.2, 0.25) is 0 Å². The number of esters is 1. The number of benzene rings is 1. The molecule has 7 heteroatoms. The lowest BCUT2D eigenvalue weighted by atomic mass is 10.1. The highest BCUT2D eigenvalue weighted by Crippen LogP contribution is 2.41. The zero-order chi connectivity index (χ0) is 16.1. The summed E-state index contributed by atoms with van der Waals surface area (Å²) in [5.74, 6) is -0.618. The number of thioether (sulfide) groups is 1. The molecule has 1 rings (SSSR count). The molecule has 114 valence electrons. The van der Waals surface area contributed by atoms with Crippen LogP contribution in [0.15, 0.2) is 24.3 Å². The van der Waals surface area contributed by atoms with Gasteiger partial charge < -0.3 is 4.74 Å². The third-order valence-corrected chi connectivity index (χ3v) is 3.57. The van der Waals surface area contributed by atoms with Gasteiger partial charge in [-0.2, -0.15) is 18.4 Å². The number of nitriles is 1. The second kappa shape index (κ2) is 6.85. The van der Waals surface area contributed by atoms with E-state index in [-0.39, 0.29) is 30.4 Å². The molecule has 0 atom stereocenters. The van der Waals surface area contributed by atoms with E-state index in [9.17, 15) is 18.0 Å². The molecule has 3 nitrogen and oxygen atoms in total. The van der Waals surface area contributed by atoms with Crippen LogP contribution in [0.4, 0.5) is 13.2 Å². The molecule has 0 heterocycles. The smallest absolute Gasteiger partial charge is 0.442 e. The highest BCUT2D eigenvalue weighted by atomic mass is 32.2. The van der Waals surface area contributed by atoms with Crippen molar-refractivity contribution in [1.82, 2.24) is 0 Å². The van der Waals surface area contributed by atoms with Gasteiger partial charge in [0.15, 0.2) is 0 Å². The number of hydrogen-bond donors (Lipinski definition) is 0. The fraction of sp³-hybridized carbons (Fsp3) is 0.429. The largest absolute Gasteiger partial charge is 0.462 e.